The van der Waals surface area contributed by atoms with Crippen LogP contribution in [-0.4, -0.2) is 58.1 Å². The molecule has 0 saturated carbocycles. The van der Waals surface area contributed by atoms with Crippen molar-refractivity contribution in [2.24, 2.45) is 0 Å². The summed E-state index contributed by atoms with van der Waals surface area (Å²) in [6, 6.07) is 23.5. The second kappa shape index (κ2) is 11.1. The van der Waals surface area contributed by atoms with Gasteiger partial charge < -0.3 is 4.40 Å². The van der Waals surface area contributed by atoms with Crippen molar-refractivity contribution in [3.05, 3.63) is 118 Å². The van der Waals surface area contributed by atoms with E-state index in [1.165, 1.54) is 40.7 Å². The zero-order valence-electron chi connectivity index (χ0n) is 22.9. The van der Waals surface area contributed by atoms with Gasteiger partial charge in [0, 0.05) is 56.6 Å². The minimum absolute atomic E-state index is 0.0330. The van der Waals surface area contributed by atoms with Crippen molar-refractivity contribution < 1.29 is 17.7 Å². The van der Waals surface area contributed by atoms with Crippen molar-refractivity contribution in [2.75, 3.05) is 26.2 Å². The van der Waals surface area contributed by atoms with E-state index < -0.39 is 14.9 Å². The van der Waals surface area contributed by atoms with Crippen molar-refractivity contribution >= 4 is 21.4 Å². The summed E-state index contributed by atoms with van der Waals surface area (Å²) in [5.74, 6) is -0.323. The molecule has 9 nitrogen and oxygen atoms in total. The number of imidazole rings is 1. The van der Waals surface area contributed by atoms with Gasteiger partial charge in [-0.05, 0) is 66.6 Å². The molecule has 1 aliphatic rings. The van der Waals surface area contributed by atoms with Crippen LogP contribution in [0.15, 0.2) is 96.0 Å². The standard InChI is InChI=1S/C31H28FN5O4S/c1-22-3-2-4-24(19-22)25-7-14-30-33-31(23-5-8-26(32)9-6-23)29(36(30)20-25)21-34-15-17-35(18-16-34)42(40,41)28-12-10-27(11-13-28)37(38)39/h2-14,19-20H,15-18,21H2,1H3. The van der Waals surface area contributed by atoms with E-state index in [4.69, 9.17) is 4.98 Å². The van der Waals surface area contributed by atoms with Crippen LogP contribution in [0.25, 0.3) is 28.0 Å². The summed E-state index contributed by atoms with van der Waals surface area (Å²) in [6.07, 6.45) is 2.06. The third-order valence-corrected chi connectivity index (χ3v) is 9.49. The summed E-state index contributed by atoms with van der Waals surface area (Å²) in [5, 5.41) is 11.0. The Balaban J connectivity index is 1.29. The number of non-ortho nitro benzene ring substituents is 1. The molecule has 0 N–H and O–H groups in total. The van der Waals surface area contributed by atoms with Gasteiger partial charge in [0.05, 0.1) is 21.2 Å². The molecule has 214 valence electrons. The Hall–Kier alpha value is -4.45. The van der Waals surface area contributed by atoms with Gasteiger partial charge in [0.25, 0.3) is 5.69 Å². The van der Waals surface area contributed by atoms with E-state index in [2.05, 4.69) is 40.6 Å². The maximum absolute atomic E-state index is 13.7. The van der Waals surface area contributed by atoms with Crippen LogP contribution < -0.4 is 0 Å². The third-order valence-electron chi connectivity index (χ3n) is 7.58. The third kappa shape index (κ3) is 5.41. The Morgan fingerprint density at radius 3 is 2.24 bits per heavy atom. The number of pyridine rings is 1. The molecule has 1 aliphatic heterocycles. The van der Waals surface area contributed by atoms with Gasteiger partial charge in [0.1, 0.15) is 11.5 Å². The lowest BCUT2D eigenvalue weighted by Crippen LogP contribution is -2.48. The van der Waals surface area contributed by atoms with Crippen LogP contribution in [0.5, 0.6) is 0 Å². The molecule has 0 unspecified atom stereocenters. The predicted molar refractivity (Wildman–Crippen MR) is 158 cm³/mol. The maximum atomic E-state index is 13.7. The molecule has 11 heteroatoms. The lowest BCUT2D eigenvalue weighted by Gasteiger charge is -2.34. The first kappa shape index (κ1) is 27.7. The van der Waals surface area contributed by atoms with E-state index >= 15 is 0 Å². The van der Waals surface area contributed by atoms with Gasteiger partial charge in [0.2, 0.25) is 10.0 Å². The Labute approximate surface area is 242 Å². The molecule has 5 aromatic rings. The molecule has 0 bridgehead atoms. The zero-order valence-corrected chi connectivity index (χ0v) is 23.7. The second-order valence-electron chi connectivity index (χ2n) is 10.4. The number of hydrogen-bond acceptors (Lipinski definition) is 6. The largest absolute Gasteiger partial charge is 0.301 e. The van der Waals surface area contributed by atoms with Crippen LogP contribution in [0, 0.1) is 22.9 Å². The van der Waals surface area contributed by atoms with Gasteiger partial charge in [-0.3, -0.25) is 15.0 Å². The normalized spacial score (nSPS) is 14.8. The van der Waals surface area contributed by atoms with Crippen LogP contribution >= 0.6 is 0 Å². The smallest absolute Gasteiger partial charge is 0.269 e. The van der Waals surface area contributed by atoms with Gasteiger partial charge >= 0.3 is 0 Å². The highest BCUT2D eigenvalue weighted by molar-refractivity contribution is 7.89. The van der Waals surface area contributed by atoms with Gasteiger partial charge in [-0.25, -0.2) is 17.8 Å². The van der Waals surface area contributed by atoms with E-state index in [-0.39, 0.29) is 29.5 Å². The van der Waals surface area contributed by atoms with E-state index in [9.17, 15) is 22.9 Å². The number of sulfonamides is 1. The molecule has 1 saturated heterocycles. The number of aromatic nitrogens is 2. The van der Waals surface area contributed by atoms with Crippen molar-refractivity contribution in [1.29, 1.82) is 0 Å². The van der Waals surface area contributed by atoms with Crippen molar-refractivity contribution in [3.63, 3.8) is 0 Å². The van der Waals surface area contributed by atoms with Crippen LogP contribution in [0.2, 0.25) is 0 Å². The highest BCUT2D eigenvalue weighted by Crippen LogP contribution is 2.30. The highest BCUT2D eigenvalue weighted by Gasteiger charge is 2.30. The fourth-order valence-corrected chi connectivity index (χ4v) is 6.73. The number of benzene rings is 3. The topological polar surface area (TPSA) is 101 Å². The first-order valence-corrected chi connectivity index (χ1v) is 14.9. The van der Waals surface area contributed by atoms with Crippen molar-refractivity contribution in [2.45, 2.75) is 18.4 Å². The van der Waals surface area contributed by atoms with E-state index in [1.54, 1.807) is 12.1 Å². The molecule has 42 heavy (non-hydrogen) atoms. The molecule has 3 heterocycles. The average molecular weight is 586 g/mol. The van der Waals surface area contributed by atoms with Gasteiger partial charge in [0.15, 0.2) is 0 Å². The Kier molecular flexibility index (Phi) is 7.31. The molecule has 1 fully saturated rings. The zero-order chi connectivity index (χ0) is 29.4. The fraction of sp³-hybridized carbons (Fsp3) is 0.194. The van der Waals surface area contributed by atoms with Gasteiger partial charge in [-0.15, -0.1) is 0 Å². The van der Waals surface area contributed by atoms with Gasteiger partial charge in [-0.1, -0.05) is 29.8 Å². The van der Waals surface area contributed by atoms with Crippen LogP contribution in [0.1, 0.15) is 11.3 Å². The minimum Gasteiger partial charge on any atom is -0.301 e. The quantitative estimate of drug-likeness (QED) is 0.184. The number of nitro groups is 1. The monoisotopic (exact) mass is 585 g/mol. The van der Waals surface area contributed by atoms with Crippen LogP contribution in [0.3, 0.4) is 0 Å². The average Bonchev–Trinajstić information content (AvgIpc) is 3.35. The first-order chi connectivity index (χ1) is 20.2. The lowest BCUT2D eigenvalue weighted by atomic mass is 10.1. The number of fused-ring (bicyclic) bond motifs is 1. The number of nitrogens with zero attached hydrogens (tertiary/aromatic N) is 5. The molecule has 0 spiro atoms. The van der Waals surface area contributed by atoms with E-state index in [0.717, 1.165) is 39.3 Å². The number of aryl methyl sites for hydroxylation is 1. The Bertz CT molecular complexity index is 1880. The predicted octanol–water partition coefficient (Wildman–Crippen LogP) is 5.53. The second-order valence-corrected chi connectivity index (χ2v) is 12.3. The number of halogens is 1. The molecule has 0 atom stereocenters. The minimum atomic E-state index is -3.79. The summed E-state index contributed by atoms with van der Waals surface area (Å²) in [6.45, 7) is 4.09. The molecular weight excluding hydrogens is 557 g/mol. The molecule has 0 radical (unpaired) electrons. The SMILES string of the molecule is Cc1cccc(-c2ccc3nc(-c4ccc(F)cc4)c(CN4CCN(S(=O)(=O)c5ccc([N+](=O)[O-])cc5)CC4)n3c2)c1. The maximum Gasteiger partial charge on any atom is 0.269 e. The molecule has 0 aliphatic carbocycles. The summed E-state index contributed by atoms with van der Waals surface area (Å²) >= 11 is 0. The number of piperazine rings is 1. The van der Waals surface area contributed by atoms with Crippen LogP contribution in [0.4, 0.5) is 10.1 Å². The molecule has 0 amide bonds. The lowest BCUT2D eigenvalue weighted by molar-refractivity contribution is -0.384. The summed E-state index contributed by atoms with van der Waals surface area (Å²) in [7, 11) is -3.79. The van der Waals surface area contributed by atoms with Gasteiger partial charge in [-0.2, -0.15) is 4.31 Å². The van der Waals surface area contributed by atoms with Crippen LogP contribution in [-0.2, 0) is 16.6 Å². The fourth-order valence-electron chi connectivity index (χ4n) is 5.31. The molecule has 3 aromatic carbocycles. The van der Waals surface area contributed by atoms with E-state index in [0.29, 0.717) is 19.6 Å². The Morgan fingerprint density at radius 1 is 0.881 bits per heavy atom. The first-order valence-electron chi connectivity index (χ1n) is 13.5. The number of hydrogen-bond donors (Lipinski definition) is 0. The summed E-state index contributed by atoms with van der Waals surface area (Å²) in [5.41, 5.74) is 6.36. The van der Waals surface area contributed by atoms with E-state index in [1.807, 2.05) is 18.2 Å². The molecule has 6 rings (SSSR count). The molecular formula is C31H28FN5O4S. The summed E-state index contributed by atoms with van der Waals surface area (Å²) in [4.78, 5) is 17.5. The highest BCUT2D eigenvalue weighted by atomic mass is 32.2. The van der Waals surface area contributed by atoms with Crippen molar-refractivity contribution in [3.8, 4) is 22.4 Å². The number of nitro benzene ring substituents is 1. The summed E-state index contributed by atoms with van der Waals surface area (Å²) < 4.78 is 43.7. The number of rotatable bonds is 7. The molecule has 2 aromatic heterocycles. The Morgan fingerprint density at radius 2 is 1.57 bits per heavy atom. The van der Waals surface area contributed by atoms with Crippen molar-refractivity contribution in [1.82, 2.24) is 18.6 Å².